The number of hydrogen-bond donors (Lipinski definition) is 2. The largest absolute Gasteiger partial charge is 0.419 e. The summed E-state index contributed by atoms with van der Waals surface area (Å²) in [5.74, 6) is -3.80. The quantitative estimate of drug-likeness (QED) is 0.476. The number of amides is 1. The van der Waals surface area contributed by atoms with Crippen LogP contribution in [0.3, 0.4) is 0 Å². The molecule has 4 N–H and O–H groups in total. The summed E-state index contributed by atoms with van der Waals surface area (Å²) in [6.07, 6.45) is -4.84. The second kappa shape index (κ2) is 7.49. The van der Waals surface area contributed by atoms with E-state index < -0.39 is 41.3 Å². The predicted molar refractivity (Wildman–Crippen MR) is 97.1 cm³/mol. The van der Waals surface area contributed by atoms with Crippen LogP contribution in [0, 0.1) is 11.7 Å². The van der Waals surface area contributed by atoms with Gasteiger partial charge in [0.2, 0.25) is 0 Å². The molecule has 1 aliphatic heterocycles. The summed E-state index contributed by atoms with van der Waals surface area (Å²) in [5.41, 5.74) is 10.2. The van der Waals surface area contributed by atoms with Crippen molar-refractivity contribution in [1.82, 2.24) is 0 Å². The van der Waals surface area contributed by atoms with Gasteiger partial charge in [0.05, 0.1) is 11.5 Å². The Kier molecular flexibility index (Phi) is 5.26. The number of nitrogens with two attached hydrogens (primary N) is 2. The average Bonchev–Trinajstić information content (AvgIpc) is 3.07. The maximum absolute atomic E-state index is 13.7. The van der Waals surface area contributed by atoms with Crippen LogP contribution < -0.4 is 16.4 Å². The Morgan fingerprint density at radius 1 is 1.07 bits per heavy atom. The monoisotopic (exact) mass is 394 g/mol. The van der Waals surface area contributed by atoms with Gasteiger partial charge in [-0.2, -0.15) is 18.2 Å². The van der Waals surface area contributed by atoms with Crippen LogP contribution in [0.4, 0.5) is 23.2 Å². The average molecular weight is 394 g/mol. The summed E-state index contributed by atoms with van der Waals surface area (Å²) in [7, 11) is 0. The molecule has 2 aromatic carbocycles. The smallest absolute Gasteiger partial charge is 0.370 e. The number of rotatable bonds is 3. The molecule has 3 rings (SSSR count). The van der Waals surface area contributed by atoms with E-state index in [9.17, 15) is 22.4 Å². The number of guanidine groups is 1. The van der Waals surface area contributed by atoms with Crippen molar-refractivity contribution >= 4 is 17.6 Å². The molecule has 0 saturated carbocycles. The van der Waals surface area contributed by atoms with E-state index in [4.69, 9.17) is 11.5 Å². The SMILES string of the molecule is NC(N)=NC(=O)[C@H]1CN(c2ccccc2)C[C@@H]1c1ccc(F)c(C(F)(F)F)c1. The van der Waals surface area contributed by atoms with E-state index in [2.05, 4.69) is 4.99 Å². The van der Waals surface area contributed by atoms with Crippen LogP contribution in [-0.2, 0) is 11.0 Å². The first kappa shape index (κ1) is 19.7. The van der Waals surface area contributed by atoms with E-state index in [-0.39, 0.29) is 18.7 Å². The number of benzene rings is 2. The molecule has 148 valence electrons. The highest BCUT2D eigenvalue weighted by molar-refractivity contribution is 5.93. The molecule has 9 heteroatoms. The number of carbonyl (C=O) groups excluding carboxylic acids is 1. The molecule has 1 aliphatic rings. The van der Waals surface area contributed by atoms with Gasteiger partial charge >= 0.3 is 6.18 Å². The third kappa shape index (κ3) is 4.08. The van der Waals surface area contributed by atoms with Gasteiger partial charge in [-0.15, -0.1) is 0 Å². The van der Waals surface area contributed by atoms with Crippen molar-refractivity contribution in [2.24, 2.45) is 22.4 Å². The van der Waals surface area contributed by atoms with Crippen LogP contribution in [-0.4, -0.2) is 25.0 Å². The highest BCUT2D eigenvalue weighted by Gasteiger charge is 2.41. The third-order valence-corrected chi connectivity index (χ3v) is 4.72. The van der Waals surface area contributed by atoms with Crippen molar-refractivity contribution in [2.75, 3.05) is 18.0 Å². The molecular weight excluding hydrogens is 376 g/mol. The van der Waals surface area contributed by atoms with Gasteiger partial charge in [0.15, 0.2) is 5.96 Å². The van der Waals surface area contributed by atoms with E-state index in [0.29, 0.717) is 0 Å². The molecule has 1 fully saturated rings. The van der Waals surface area contributed by atoms with Gasteiger partial charge in [0.1, 0.15) is 5.82 Å². The number of alkyl halides is 3. The molecule has 0 aliphatic carbocycles. The van der Waals surface area contributed by atoms with Gasteiger partial charge in [-0.05, 0) is 29.8 Å². The van der Waals surface area contributed by atoms with Crippen molar-refractivity contribution in [2.45, 2.75) is 12.1 Å². The van der Waals surface area contributed by atoms with E-state index in [0.717, 1.165) is 17.8 Å². The molecule has 0 aromatic heterocycles. The highest BCUT2D eigenvalue weighted by Crippen LogP contribution is 2.39. The van der Waals surface area contributed by atoms with Crippen molar-refractivity contribution in [1.29, 1.82) is 0 Å². The second-order valence-corrected chi connectivity index (χ2v) is 6.57. The molecule has 1 amide bonds. The third-order valence-electron chi connectivity index (χ3n) is 4.72. The first-order chi connectivity index (χ1) is 13.2. The predicted octanol–water partition coefficient (Wildman–Crippen LogP) is 2.86. The lowest BCUT2D eigenvalue weighted by Crippen LogP contribution is -2.28. The van der Waals surface area contributed by atoms with Gasteiger partial charge in [-0.1, -0.05) is 24.3 Å². The molecule has 28 heavy (non-hydrogen) atoms. The molecule has 2 aromatic rings. The zero-order valence-corrected chi connectivity index (χ0v) is 14.7. The summed E-state index contributed by atoms with van der Waals surface area (Å²) in [4.78, 5) is 17.9. The van der Waals surface area contributed by atoms with E-state index in [1.807, 2.05) is 35.2 Å². The Bertz CT molecular complexity index is 895. The molecule has 5 nitrogen and oxygen atoms in total. The lowest BCUT2D eigenvalue weighted by molar-refractivity contribution is -0.140. The summed E-state index contributed by atoms with van der Waals surface area (Å²) in [5, 5.41) is 0. The molecular formula is C19H18F4N4O. The normalized spacial score (nSPS) is 19.5. The Hall–Kier alpha value is -3.10. The molecule has 2 atom stereocenters. The summed E-state index contributed by atoms with van der Waals surface area (Å²) in [6, 6.07) is 11.9. The minimum atomic E-state index is -4.84. The maximum atomic E-state index is 13.7. The lowest BCUT2D eigenvalue weighted by atomic mass is 9.87. The number of hydrogen-bond acceptors (Lipinski definition) is 2. The molecule has 0 unspecified atom stereocenters. The Morgan fingerprint density at radius 2 is 1.75 bits per heavy atom. The van der Waals surface area contributed by atoms with Crippen molar-refractivity contribution in [3.05, 3.63) is 65.5 Å². The zero-order chi connectivity index (χ0) is 20.5. The molecule has 0 bridgehead atoms. The summed E-state index contributed by atoms with van der Waals surface area (Å²) in [6.45, 7) is 0.492. The summed E-state index contributed by atoms with van der Waals surface area (Å²) < 4.78 is 53.0. The lowest BCUT2D eigenvalue weighted by Gasteiger charge is -2.19. The maximum Gasteiger partial charge on any atom is 0.419 e. The fraction of sp³-hybridized carbons (Fsp3) is 0.263. The first-order valence-electron chi connectivity index (χ1n) is 8.47. The second-order valence-electron chi connectivity index (χ2n) is 6.57. The number of para-hydroxylation sites is 1. The van der Waals surface area contributed by atoms with Gasteiger partial charge in [-0.25, -0.2) is 4.39 Å². The number of halogens is 4. The van der Waals surface area contributed by atoms with Crippen molar-refractivity contribution in [3.63, 3.8) is 0 Å². The van der Waals surface area contributed by atoms with Crippen LogP contribution in [0.15, 0.2) is 53.5 Å². The molecule has 1 saturated heterocycles. The highest BCUT2D eigenvalue weighted by atomic mass is 19.4. The van der Waals surface area contributed by atoms with Gasteiger partial charge < -0.3 is 16.4 Å². The van der Waals surface area contributed by atoms with E-state index >= 15 is 0 Å². The van der Waals surface area contributed by atoms with Gasteiger partial charge in [-0.3, -0.25) is 4.79 Å². The standard InChI is InChI=1S/C19H18F4N4O/c20-16-7-6-11(8-15(16)19(21,22)23)13-9-27(12-4-2-1-3-5-12)10-14(13)17(28)26-18(24)25/h1-8,13-14H,9-10H2,(H4,24,25,26,28)/t13-,14+/m1/s1. The fourth-order valence-corrected chi connectivity index (χ4v) is 3.44. The zero-order valence-electron chi connectivity index (χ0n) is 14.7. The molecule has 1 heterocycles. The van der Waals surface area contributed by atoms with Gasteiger partial charge in [0.25, 0.3) is 5.91 Å². The summed E-state index contributed by atoms with van der Waals surface area (Å²) >= 11 is 0. The molecule has 0 radical (unpaired) electrons. The van der Waals surface area contributed by atoms with Crippen LogP contribution in [0.2, 0.25) is 0 Å². The number of carbonyl (C=O) groups is 1. The Labute approximate surface area is 158 Å². The van der Waals surface area contributed by atoms with E-state index in [1.54, 1.807) is 0 Å². The topological polar surface area (TPSA) is 84.7 Å². The van der Waals surface area contributed by atoms with Gasteiger partial charge in [0, 0.05) is 24.7 Å². The first-order valence-corrected chi connectivity index (χ1v) is 8.47. The van der Waals surface area contributed by atoms with Crippen LogP contribution in [0.1, 0.15) is 17.0 Å². The minimum Gasteiger partial charge on any atom is -0.370 e. The Morgan fingerprint density at radius 3 is 2.36 bits per heavy atom. The fourth-order valence-electron chi connectivity index (χ4n) is 3.44. The number of anilines is 1. The van der Waals surface area contributed by atoms with E-state index in [1.165, 1.54) is 6.07 Å². The minimum absolute atomic E-state index is 0.205. The van der Waals surface area contributed by atoms with Crippen LogP contribution in [0.5, 0.6) is 0 Å². The van der Waals surface area contributed by atoms with Crippen LogP contribution >= 0.6 is 0 Å². The Balaban J connectivity index is 2.00. The van der Waals surface area contributed by atoms with Crippen molar-refractivity contribution in [3.8, 4) is 0 Å². The molecule has 0 spiro atoms. The number of aliphatic imine (C=N–C) groups is 1. The van der Waals surface area contributed by atoms with Crippen LogP contribution in [0.25, 0.3) is 0 Å². The van der Waals surface area contributed by atoms with Crippen molar-refractivity contribution < 1.29 is 22.4 Å². The number of nitrogens with zero attached hydrogens (tertiary/aromatic N) is 2.